The van der Waals surface area contributed by atoms with Crippen LogP contribution in [0, 0.1) is 5.82 Å². The summed E-state index contributed by atoms with van der Waals surface area (Å²) < 4.78 is 14.8. The highest BCUT2D eigenvalue weighted by atomic mass is 32.1. The summed E-state index contributed by atoms with van der Waals surface area (Å²) in [7, 11) is 0. The SMILES string of the molecule is NCc1cccc(-c2cnc3sc(NCc4ccc(F)cc4)nn23)c1. The lowest BCUT2D eigenvalue weighted by molar-refractivity contribution is 0.627. The van der Waals surface area contributed by atoms with Crippen LogP contribution in [0.25, 0.3) is 16.2 Å². The van der Waals surface area contributed by atoms with E-state index >= 15 is 0 Å². The number of nitrogens with one attached hydrogen (secondary N) is 1. The lowest BCUT2D eigenvalue weighted by Gasteiger charge is -2.03. The molecule has 0 bridgehead atoms. The summed E-state index contributed by atoms with van der Waals surface area (Å²) >= 11 is 1.48. The molecule has 0 amide bonds. The number of imidazole rings is 1. The first kappa shape index (κ1) is 15.7. The Kier molecular flexibility index (Phi) is 4.17. The fourth-order valence-electron chi connectivity index (χ4n) is 2.60. The fraction of sp³-hybridized carbons (Fsp3) is 0.111. The summed E-state index contributed by atoms with van der Waals surface area (Å²) in [5, 5.41) is 8.62. The molecule has 0 unspecified atom stereocenters. The van der Waals surface area contributed by atoms with Crippen LogP contribution >= 0.6 is 11.3 Å². The largest absolute Gasteiger partial charge is 0.356 e. The number of benzene rings is 2. The summed E-state index contributed by atoms with van der Waals surface area (Å²) in [5.74, 6) is -0.235. The van der Waals surface area contributed by atoms with Gasteiger partial charge in [0.1, 0.15) is 5.82 Å². The number of rotatable bonds is 5. The van der Waals surface area contributed by atoms with E-state index < -0.39 is 0 Å². The molecule has 2 aromatic carbocycles. The normalized spacial score (nSPS) is 11.1. The zero-order valence-electron chi connectivity index (χ0n) is 13.3. The summed E-state index contributed by atoms with van der Waals surface area (Å²) in [4.78, 5) is 5.25. The van der Waals surface area contributed by atoms with Gasteiger partial charge in [-0.1, -0.05) is 41.7 Å². The number of anilines is 1. The first-order valence-electron chi connectivity index (χ1n) is 7.85. The third-order valence-electron chi connectivity index (χ3n) is 3.90. The molecule has 0 radical (unpaired) electrons. The monoisotopic (exact) mass is 353 g/mol. The van der Waals surface area contributed by atoms with Gasteiger partial charge in [0.05, 0.1) is 11.9 Å². The van der Waals surface area contributed by atoms with Gasteiger partial charge in [-0.15, -0.1) is 5.10 Å². The van der Waals surface area contributed by atoms with Crippen molar-refractivity contribution in [2.24, 2.45) is 5.73 Å². The first-order chi connectivity index (χ1) is 12.2. The van der Waals surface area contributed by atoms with Crippen LogP contribution in [0.1, 0.15) is 11.1 Å². The second-order valence-corrected chi connectivity index (χ2v) is 6.59. The first-order valence-corrected chi connectivity index (χ1v) is 8.67. The average molecular weight is 353 g/mol. The number of nitrogens with zero attached hydrogens (tertiary/aromatic N) is 3. The molecule has 25 heavy (non-hydrogen) atoms. The predicted octanol–water partition coefficient (Wildman–Crippen LogP) is 3.67. The van der Waals surface area contributed by atoms with Gasteiger partial charge < -0.3 is 11.1 Å². The summed E-state index contributed by atoms with van der Waals surface area (Å²) in [6, 6.07) is 14.5. The zero-order chi connectivity index (χ0) is 17.2. The van der Waals surface area contributed by atoms with E-state index in [-0.39, 0.29) is 5.82 Å². The second kappa shape index (κ2) is 6.62. The van der Waals surface area contributed by atoms with E-state index in [1.807, 2.05) is 28.9 Å². The molecular weight excluding hydrogens is 337 g/mol. The zero-order valence-corrected chi connectivity index (χ0v) is 14.1. The molecule has 0 saturated heterocycles. The Hall–Kier alpha value is -2.77. The molecule has 2 aromatic heterocycles. The fourth-order valence-corrected chi connectivity index (χ4v) is 3.37. The van der Waals surface area contributed by atoms with E-state index in [1.165, 1.54) is 23.5 Å². The molecule has 4 aromatic rings. The molecule has 126 valence electrons. The second-order valence-electron chi connectivity index (χ2n) is 5.63. The van der Waals surface area contributed by atoms with Crippen LogP contribution in [-0.4, -0.2) is 14.6 Å². The Balaban J connectivity index is 1.58. The molecule has 4 rings (SSSR count). The topological polar surface area (TPSA) is 68.2 Å². The smallest absolute Gasteiger partial charge is 0.214 e. The van der Waals surface area contributed by atoms with Crippen LogP contribution in [0.2, 0.25) is 0 Å². The highest BCUT2D eigenvalue weighted by Crippen LogP contribution is 2.26. The molecule has 5 nitrogen and oxygen atoms in total. The maximum atomic E-state index is 13.0. The minimum atomic E-state index is -0.235. The minimum absolute atomic E-state index is 0.235. The summed E-state index contributed by atoms with van der Waals surface area (Å²) in [5.41, 5.74) is 9.74. The van der Waals surface area contributed by atoms with Gasteiger partial charge in [0.25, 0.3) is 0 Å². The van der Waals surface area contributed by atoms with Gasteiger partial charge in [-0.05, 0) is 29.3 Å². The Morgan fingerprint density at radius 2 is 1.96 bits per heavy atom. The Morgan fingerprint density at radius 1 is 1.12 bits per heavy atom. The van der Waals surface area contributed by atoms with Crippen LogP contribution in [0.15, 0.2) is 54.7 Å². The van der Waals surface area contributed by atoms with Crippen LogP contribution in [-0.2, 0) is 13.1 Å². The van der Waals surface area contributed by atoms with Gasteiger partial charge >= 0.3 is 0 Å². The highest BCUT2D eigenvalue weighted by Gasteiger charge is 2.11. The third kappa shape index (κ3) is 3.24. The van der Waals surface area contributed by atoms with Crippen molar-refractivity contribution in [3.05, 3.63) is 71.7 Å². The predicted molar refractivity (Wildman–Crippen MR) is 97.9 cm³/mol. The quantitative estimate of drug-likeness (QED) is 0.574. The Labute approximate surface area is 147 Å². The molecule has 0 aliphatic carbocycles. The van der Waals surface area contributed by atoms with Gasteiger partial charge in [-0.2, -0.15) is 0 Å². The van der Waals surface area contributed by atoms with Crippen LogP contribution in [0.3, 0.4) is 0 Å². The number of hydrogen-bond donors (Lipinski definition) is 2. The van der Waals surface area contributed by atoms with E-state index in [2.05, 4.69) is 21.5 Å². The van der Waals surface area contributed by atoms with Crippen molar-refractivity contribution < 1.29 is 4.39 Å². The molecule has 0 aliphatic rings. The van der Waals surface area contributed by atoms with Crippen molar-refractivity contribution in [2.45, 2.75) is 13.1 Å². The molecule has 0 aliphatic heterocycles. The van der Waals surface area contributed by atoms with Crippen molar-refractivity contribution in [1.29, 1.82) is 0 Å². The van der Waals surface area contributed by atoms with Gasteiger partial charge in [-0.3, -0.25) is 0 Å². The molecule has 3 N–H and O–H groups in total. The van der Waals surface area contributed by atoms with Crippen molar-refractivity contribution >= 4 is 21.4 Å². The summed E-state index contributed by atoms with van der Waals surface area (Å²) in [6.07, 6.45) is 1.82. The van der Waals surface area contributed by atoms with E-state index in [9.17, 15) is 4.39 Å². The third-order valence-corrected chi connectivity index (χ3v) is 4.78. The van der Waals surface area contributed by atoms with Crippen molar-refractivity contribution in [1.82, 2.24) is 14.6 Å². The maximum Gasteiger partial charge on any atom is 0.214 e. The lowest BCUT2D eigenvalue weighted by Crippen LogP contribution is -2.00. The van der Waals surface area contributed by atoms with Crippen molar-refractivity contribution in [3.8, 4) is 11.3 Å². The number of aromatic nitrogens is 3. The Bertz CT molecular complexity index is 1010. The molecular formula is C18H16FN5S. The standard InChI is InChI=1S/C18H16FN5S/c19-15-6-4-12(5-7-15)10-21-17-23-24-16(11-22-18(24)25-17)14-3-1-2-13(8-14)9-20/h1-8,11H,9-10,20H2,(H,21,23). The van der Waals surface area contributed by atoms with E-state index in [1.54, 1.807) is 12.1 Å². The van der Waals surface area contributed by atoms with Crippen LogP contribution in [0.4, 0.5) is 9.52 Å². The van der Waals surface area contributed by atoms with E-state index in [0.29, 0.717) is 13.1 Å². The van der Waals surface area contributed by atoms with Gasteiger partial charge in [-0.25, -0.2) is 13.9 Å². The van der Waals surface area contributed by atoms with E-state index in [4.69, 9.17) is 5.73 Å². The Morgan fingerprint density at radius 3 is 2.76 bits per heavy atom. The maximum absolute atomic E-state index is 13.0. The number of nitrogens with two attached hydrogens (primary N) is 1. The molecule has 0 spiro atoms. The van der Waals surface area contributed by atoms with Gasteiger partial charge in [0.15, 0.2) is 0 Å². The molecule has 0 saturated carbocycles. The number of halogens is 1. The molecule has 2 heterocycles. The van der Waals surface area contributed by atoms with Crippen LogP contribution in [0.5, 0.6) is 0 Å². The summed E-state index contributed by atoms with van der Waals surface area (Å²) in [6.45, 7) is 1.08. The lowest BCUT2D eigenvalue weighted by atomic mass is 10.1. The van der Waals surface area contributed by atoms with Gasteiger partial charge in [0.2, 0.25) is 10.1 Å². The highest BCUT2D eigenvalue weighted by molar-refractivity contribution is 7.20. The number of hydrogen-bond acceptors (Lipinski definition) is 5. The van der Waals surface area contributed by atoms with Crippen molar-refractivity contribution in [2.75, 3.05) is 5.32 Å². The van der Waals surface area contributed by atoms with Gasteiger partial charge in [0, 0.05) is 18.7 Å². The van der Waals surface area contributed by atoms with Crippen LogP contribution < -0.4 is 11.1 Å². The average Bonchev–Trinajstić information content (AvgIpc) is 3.21. The van der Waals surface area contributed by atoms with E-state index in [0.717, 1.165) is 32.5 Å². The minimum Gasteiger partial charge on any atom is -0.356 e. The molecule has 0 fully saturated rings. The molecule has 7 heteroatoms. The molecule has 0 atom stereocenters. The number of fused-ring (bicyclic) bond motifs is 1. The van der Waals surface area contributed by atoms with Crippen molar-refractivity contribution in [3.63, 3.8) is 0 Å².